The highest BCUT2D eigenvalue weighted by Crippen LogP contribution is 2.09. The monoisotopic (exact) mass is 204 g/mol. The average Bonchev–Trinajstić information content (AvgIpc) is 2.26. The minimum Gasteiger partial charge on any atom is -0.458 e. The second-order valence-corrected chi connectivity index (χ2v) is 2.90. The molecular weight excluding hydrogens is 184 g/mol. The fourth-order valence-electron chi connectivity index (χ4n) is 0.955. The Morgan fingerprint density at radius 1 is 1.20 bits per heavy atom. The lowest BCUT2D eigenvalue weighted by Gasteiger charge is -2.06. The first-order chi connectivity index (χ1) is 7.28. The van der Waals surface area contributed by atoms with E-state index in [-0.39, 0.29) is 0 Å². The number of ether oxygens (including phenoxy) is 1. The van der Waals surface area contributed by atoms with Gasteiger partial charge in [0, 0.05) is 0 Å². The summed E-state index contributed by atoms with van der Waals surface area (Å²) in [4.78, 5) is 0. The fraction of sp³-hybridized carbons (Fsp3) is 0.286. The number of hydrogen-bond donors (Lipinski definition) is 0. The van der Waals surface area contributed by atoms with Crippen molar-refractivity contribution >= 4 is 0 Å². The predicted molar refractivity (Wildman–Crippen MR) is 67.4 cm³/mol. The Balaban J connectivity index is 4.46. The van der Waals surface area contributed by atoms with E-state index in [1.54, 1.807) is 6.08 Å². The first-order valence-electron chi connectivity index (χ1n) is 5.24. The molecule has 15 heavy (non-hydrogen) atoms. The van der Waals surface area contributed by atoms with Crippen molar-refractivity contribution in [3.8, 4) is 0 Å². The normalized spacial score (nSPS) is 13.8. The highest BCUT2D eigenvalue weighted by atomic mass is 16.5. The quantitative estimate of drug-likeness (QED) is 0.456. The topological polar surface area (TPSA) is 9.23 Å². The molecule has 0 aliphatic heterocycles. The van der Waals surface area contributed by atoms with E-state index in [0.717, 1.165) is 17.9 Å². The Kier molecular flexibility index (Phi) is 8.16. The van der Waals surface area contributed by atoms with Gasteiger partial charge in [0.15, 0.2) is 0 Å². The molecule has 0 rings (SSSR count). The third-order valence-corrected chi connectivity index (χ3v) is 1.69. The molecule has 82 valence electrons. The summed E-state index contributed by atoms with van der Waals surface area (Å²) in [5, 5.41) is 0. The zero-order valence-corrected chi connectivity index (χ0v) is 9.86. The molecule has 0 spiro atoms. The van der Waals surface area contributed by atoms with Gasteiger partial charge in [-0.15, -0.1) is 0 Å². The minimum atomic E-state index is 0.802. The van der Waals surface area contributed by atoms with Crippen LogP contribution in [0.2, 0.25) is 0 Å². The van der Waals surface area contributed by atoms with Crippen LogP contribution in [0.3, 0.4) is 0 Å². The van der Waals surface area contributed by atoms with E-state index >= 15 is 0 Å². The Morgan fingerprint density at radius 3 is 2.40 bits per heavy atom. The molecule has 0 fully saturated rings. The van der Waals surface area contributed by atoms with Crippen molar-refractivity contribution in [2.75, 3.05) is 0 Å². The van der Waals surface area contributed by atoms with E-state index in [1.807, 2.05) is 50.3 Å². The van der Waals surface area contributed by atoms with Gasteiger partial charge < -0.3 is 4.74 Å². The van der Waals surface area contributed by atoms with E-state index in [2.05, 4.69) is 13.5 Å². The summed E-state index contributed by atoms with van der Waals surface area (Å²) < 4.78 is 5.62. The Morgan fingerprint density at radius 2 is 1.93 bits per heavy atom. The number of allylic oxidation sites excluding steroid dienone is 7. The molecule has 0 aromatic rings. The van der Waals surface area contributed by atoms with Crippen molar-refractivity contribution in [2.24, 2.45) is 0 Å². The molecule has 0 heterocycles. The lowest BCUT2D eigenvalue weighted by atomic mass is 10.3. The first-order valence-corrected chi connectivity index (χ1v) is 5.24. The smallest absolute Gasteiger partial charge is 0.123 e. The van der Waals surface area contributed by atoms with Gasteiger partial charge in [-0.2, -0.15) is 0 Å². The van der Waals surface area contributed by atoms with Crippen LogP contribution < -0.4 is 0 Å². The van der Waals surface area contributed by atoms with Gasteiger partial charge >= 0.3 is 0 Å². The van der Waals surface area contributed by atoms with E-state index in [1.165, 1.54) is 0 Å². The summed E-state index contributed by atoms with van der Waals surface area (Å²) in [7, 11) is 0. The van der Waals surface area contributed by atoms with Crippen LogP contribution in [0, 0.1) is 0 Å². The summed E-state index contributed by atoms with van der Waals surface area (Å²) in [6, 6.07) is 0. The third-order valence-electron chi connectivity index (χ3n) is 1.69. The summed E-state index contributed by atoms with van der Waals surface area (Å²) in [5.74, 6) is 1.63. The largest absolute Gasteiger partial charge is 0.458 e. The lowest BCUT2D eigenvalue weighted by Crippen LogP contribution is -1.87. The second kappa shape index (κ2) is 9.07. The van der Waals surface area contributed by atoms with Crippen LogP contribution in [0.5, 0.6) is 0 Å². The molecule has 0 saturated heterocycles. The van der Waals surface area contributed by atoms with Crippen LogP contribution in [-0.4, -0.2) is 0 Å². The standard InChI is InChI=1S/C14H20O/c1-5-9-10-12-14(8-4)15-13(7-3)11-6-2/h5,7-12H,3,6H2,1-2,4H3/b9-5-,12-10-,13-11+,14-8+. The molecule has 0 N–H and O–H groups in total. The van der Waals surface area contributed by atoms with E-state index in [0.29, 0.717) is 0 Å². The maximum absolute atomic E-state index is 5.62. The lowest BCUT2D eigenvalue weighted by molar-refractivity contribution is 0.334. The molecule has 0 amide bonds. The van der Waals surface area contributed by atoms with Gasteiger partial charge in [0.05, 0.1) is 0 Å². The van der Waals surface area contributed by atoms with Gasteiger partial charge in [0.2, 0.25) is 0 Å². The van der Waals surface area contributed by atoms with Crippen molar-refractivity contribution in [2.45, 2.75) is 27.2 Å². The molecular formula is C14H20O. The maximum Gasteiger partial charge on any atom is 0.123 e. The third kappa shape index (κ3) is 6.55. The average molecular weight is 204 g/mol. The molecule has 0 unspecified atom stereocenters. The molecule has 0 aliphatic carbocycles. The van der Waals surface area contributed by atoms with Crippen molar-refractivity contribution in [3.05, 3.63) is 60.6 Å². The van der Waals surface area contributed by atoms with Crippen molar-refractivity contribution in [1.29, 1.82) is 0 Å². The molecule has 1 heteroatoms. The van der Waals surface area contributed by atoms with Crippen LogP contribution in [0.25, 0.3) is 0 Å². The molecule has 0 bridgehead atoms. The van der Waals surface area contributed by atoms with Gasteiger partial charge in [-0.1, -0.05) is 31.7 Å². The zero-order valence-electron chi connectivity index (χ0n) is 9.86. The van der Waals surface area contributed by atoms with Crippen molar-refractivity contribution in [3.63, 3.8) is 0 Å². The van der Waals surface area contributed by atoms with E-state index < -0.39 is 0 Å². The Bertz CT molecular complexity index is 290. The van der Waals surface area contributed by atoms with Crippen molar-refractivity contribution in [1.82, 2.24) is 0 Å². The number of hydrogen-bond acceptors (Lipinski definition) is 1. The fourth-order valence-corrected chi connectivity index (χ4v) is 0.955. The predicted octanol–water partition coefficient (Wildman–Crippen LogP) is 4.52. The summed E-state index contributed by atoms with van der Waals surface area (Å²) in [6.07, 6.45) is 14.4. The highest BCUT2D eigenvalue weighted by molar-refractivity contribution is 5.21. The molecule has 0 aliphatic rings. The second-order valence-electron chi connectivity index (χ2n) is 2.90. The maximum atomic E-state index is 5.62. The van der Waals surface area contributed by atoms with Crippen LogP contribution in [-0.2, 0) is 4.74 Å². The summed E-state index contributed by atoms with van der Waals surface area (Å²) in [5.41, 5.74) is 0. The molecule has 0 saturated carbocycles. The molecule has 0 atom stereocenters. The summed E-state index contributed by atoms with van der Waals surface area (Å²) in [6.45, 7) is 9.70. The Labute approximate surface area is 93.1 Å². The van der Waals surface area contributed by atoms with Crippen LogP contribution in [0.15, 0.2) is 60.6 Å². The molecule has 1 nitrogen and oxygen atoms in total. The van der Waals surface area contributed by atoms with Gasteiger partial charge in [0.25, 0.3) is 0 Å². The van der Waals surface area contributed by atoms with Gasteiger partial charge in [-0.05, 0) is 44.6 Å². The molecule has 0 aromatic heterocycles. The van der Waals surface area contributed by atoms with Gasteiger partial charge in [0.1, 0.15) is 11.5 Å². The first kappa shape index (κ1) is 13.5. The van der Waals surface area contributed by atoms with Crippen LogP contribution in [0.1, 0.15) is 27.2 Å². The highest BCUT2D eigenvalue weighted by Gasteiger charge is 1.94. The van der Waals surface area contributed by atoms with E-state index in [9.17, 15) is 0 Å². The zero-order chi connectivity index (χ0) is 11.5. The summed E-state index contributed by atoms with van der Waals surface area (Å²) >= 11 is 0. The molecule has 0 radical (unpaired) electrons. The SMILES string of the molecule is C=C/C(=C\CC)OC(/C=C\C=C/C)=C/C. The minimum absolute atomic E-state index is 0.802. The number of rotatable bonds is 6. The van der Waals surface area contributed by atoms with Crippen LogP contribution in [0.4, 0.5) is 0 Å². The Hall–Kier alpha value is -1.50. The van der Waals surface area contributed by atoms with Crippen LogP contribution >= 0.6 is 0 Å². The molecule has 0 aromatic carbocycles. The van der Waals surface area contributed by atoms with Gasteiger partial charge in [-0.3, -0.25) is 0 Å². The van der Waals surface area contributed by atoms with Crippen molar-refractivity contribution < 1.29 is 4.74 Å². The van der Waals surface area contributed by atoms with E-state index in [4.69, 9.17) is 4.74 Å². The van der Waals surface area contributed by atoms with Gasteiger partial charge in [-0.25, -0.2) is 0 Å².